The van der Waals surface area contributed by atoms with Gasteiger partial charge < -0.3 is 9.84 Å². The molecule has 1 aliphatic carbocycles. The molecule has 1 aliphatic rings. The second kappa shape index (κ2) is 8.14. The number of hydrogen-bond donors (Lipinski definition) is 1. The van der Waals surface area contributed by atoms with Gasteiger partial charge in [-0.3, -0.25) is 4.79 Å². The number of allylic oxidation sites excluding steroid dienone is 2. The summed E-state index contributed by atoms with van der Waals surface area (Å²) in [5.74, 6) is -2.39. The lowest BCUT2D eigenvalue weighted by Gasteiger charge is -2.08. The normalized spacial score (nSPS) is 14.1. The Bertz CT molecular complexity index is 1220. The van der Waals surface area contributed by atoms with Crippen molar-refractivity contribution in [2.24, 2.45) is 0 Å². The Morgan fingerprint density at radius 3 is 2.16 bits per heavy atom. The first-order chi connectivity index (χ1) is 14.8. The molecule has 6 heteroatoms. The van der Waals surface area contributed by atoms with E-state index in [1.165, 1.54) is 30.3 Å². The molecular formula is C25H17F3O3. The third-order valence-electron chi connectivity index (χ3n) is 5.11. The van der Waals surface area contributed by atoms with Gasteiger partial charge in [-0.1, -0.05) is 18.2 Å². The molecule has 0 spiro atoms. The molecule has 0 saturated carbocycles. The summed E-state index contributed by atoms with van der Waals surface area (Å²) in [4.78, 5) is 11.3. The molecule has 3 nitrogen and oxygen atoms in total. The van der Waals surface area contributed by atoms with Crippen molar-refractivity contribution < 1.29 is 27.8 Å². The van der Waals surface area contributed by atoms with Crippen LogP contribution in [0.2, 0.25) is 0 Å². The van der Waals surface area contributed by atoms with Crippen molar-refractivity contribution in [2.75, 3.05) is 0 Å². The molecule has 0 atom stereocenters. The van der Waals surface area contributed by atoms with E-state index in [0.717, 1.165) is 6.07 Å². The van der Waals surface area contributed by atoms with Gasteiger partial charge in [0.2, 0.25) is 0 Å². The molecule has 0 saturated heterocycles. The highest BCUT2D eigenvalue weighted by atomic mass is 19.2. The van der Waals surface area contributed by atoms with Gasteiger partial charge >= 0.3 is 5.97 Å². The molecule has 0 aromatic heterocycles. The smallest absolute Gasteiger partial charge is 0.307 e. The van der Waals surface area contributed by atoms with E-state index in [0.29, 0.717) is 39.3 Å². The van der Waals surface area contributed by atoms with Crippen molar-refractivity contribution in [1.82, 2.24) is 0 Å². The van der Waals surface area contributed by atoms with E-state index in [4.69, 9.17) is 4.74 Å². The number of carboxylic acid groups (broad SMARTS) is 1. The molecule has 4 rings (SSSR count). The summed E-state index contributed by atoms with van der Waals surface area (Å²) in [5, 5.41) is 9.23. The van der Waals surface area contributed by atoms with Crippen molar-refractivity contribution in [3.05, 3.63) is 100 Å². The first kappa shape index (κ1) is 20.5. The van der Waals surface area contributed by atoms with Crippen LogP contribution in [-0.2, 0) is 4.79 Å². The largest absolute Gasteiger partial charge is 0.481 e. The van der Waals surface area contributed by atoms with Crippen molar-refractivity contribution in [1.29, 1.82) is 0 Å². The first-order valence-electron chi connectivity index (χ1n) is 9.49. The summed E-state index contributed by atoms with van der Waals surface area (Å²) in [7, 11) is 0. The molecule has 0 aliphatic heterocycles. The van der Waals surface area contributed by atoms with Crippen LogP contribution in [0.3, 0.4) is 0 Å². The lowest BCUT2D eigenvalue weighted by atomic mass is 9.99. The van der Waals surface area contributed by atoms with E-state index in [1.54, 1.807) is 37.3 Å². The topological polar surface area (TPSA) is 46.5 Å². The van der Waals surface area contributed by atoms with Crippen LogP contribution < -0.4 is 4.74 Å². The molecule has 3 aromatic carbocycles. The van der Waals surface area contributed by atoms with Crippen molar-refractivity contribution in [3.8, 4) is 11.5 Å². The minimum Gasteiger partial charge on any atom is -0.481 e. The van der Waals surface area contributed by atoms with Crippen LogP contribution in [0.25, 0.3) is 17.2 Å². The number of benzene rings is 3. The Morgan fingerprint density at radius 1 is 0.935 bits per heavy atom. The third kappa shape index (κ3) is 4.10. The predicted octanol–water partition coefficient (Wildman–Crippen LogP) is 6.70. The van der Waals surface area contributed by atoms with Gasteiger partial charge in [-0.05, 0) is 83.3 Å². The number of carbonyl (C=O) groups is 1. The van der Waals surface area contributed by atoms with Gasteiger partial charge in [0, 0.05) is 5.56 Å². The van der Waals surface area contributed by atoms with Crippen LogP contribution in [0.4, 0.5) is 13.2 Å². The summed E-state index contributed by atoms with van der Waals surface area (Å²) in [6, 6.07) is 14.9. The maximum Gasteiger partial charge on any atom is 0.307 e. The second-order valence-electron chi connectivity index (χ2n) is 7.14. The average Bonchev–Trinajstić information content (AvgIpc) is 2.99. The summed E-state index contributed by atoms with van der Waals surface area (Å²) < 4.78 is 47.2. The van der Waals surface area contributed by atoms with Crippen LogP contribution in [0.15, 0.2) is 66.2 Å². The van der Waals surface area contributed by atoms with Gasteiger partial charge in [0.1, 0.15) is 17.3 Å². The highest BCUT2D eigenvalue weighted by Crippen LogP contribution is 2.45. The molecule has 3 aromatic rings. The first-order valence-corrected chi connectivity index (χ1v) is 9.49. The van der Waals surface area contributed by atoms with Crippen LogP contribution >= 0.6 is 0 Å². The number of hydrogen-bond acceptors (Lipinski definition) is 2. The molecule has 0 bridgehead atoms. The van der Waals surface area contributed by atoms with Gasteiger partial charge in [-0.15, -0.1) is 0 Å². The lowest BCUT2D eigenvalue weighted by Crippen LogP contribution is -1.98. The van der Waals surface area contributed by atoms with Gasteiger partial charge in [0.15, 0.2) is 11.6 Å². The maximum atomic E-state index is 14.6. The number of carboxylic acids is 1. The lowest BCUT2D eigenvalue weighted by molar-refractivity contribution is -0.135. The van der Waals surface area contributed by atoms with Crippen LogP contribution in [0, 0.1) is 17.5 Å². The van der Waals surface area contributed by atoms with Crippen molar-refractivity contribution >= 4 is 23.2 Å². The molecule has 0 heterocycles. The Labute approximate surface area is 176 Å². The predicted molar refractivity (Wildman–Crippen MR) is 112 cm³/mol. The van der Waals surface area contributed by atoms with Gasteiger partial charge in [0.05, 0.1) is 6.42 Å². The van der Waals surface area contributed by atoms with E-state index in [2.05, 4.69) is 0 Å². The minimum absolute atomic E-state index is 0.0698. The zero-order valence-corrected chi connectivity index (χ0v) is 16.5. The zero-order chi connectivity index (χ0) is 22.1. The van der Waals surface area contributed by atoms with Gasteiger partial charge in [0.25, 0.3) is 0 Å². The quantitative estimate of drug-likeness (QED) is 0.498. The van der Waals surface area contributed by atoms with Crippen molar-refractivity contribution in [3.63, 3.8) is 0 Å². The minimum atomic E-state index is -1.05. The highest BCUT2D eigenvalue weighted by Gasteiger charge is 2.29. The molecule has 0 fully saturated rings. The number of ether oxygens (including phenoxy) is 1. The Balaban J connectivity index is 1.69. The third-order valence-corrected chi connectivity index (χ3v) is 5.11. The van der Waals surface area contributed by atoms with Gasteiger partial charge in [-0.25, -0.2) is 13.2 Å². The molecule has 1 N–H and O–H groups in total. The summed E-state index contributed by atoms with van der Waals surface area (Å²) in [5.41, 5.74) is 2.65. The molecular weight excluding hydrogens is 405 g/mol. The molecule has 0 unspecified atom stereocenters. The Kier molecular flexibility index (Phi) is 5.38. The van der Waals surface area contributed by atoms with E-state index in [1.807, 2.05) is 0 Å². The number of rotatable bonds is 5. The fourth-order valence-corrected chi connectivity index (χ4v) is 3.61. The fourth-order valence-electron chi connectivity index (χ4n) is 3.61. The van der Waals surface area contributed by atoms with Crippen LogP contribution in [0.5, 0.6) is 11.5 Å². The van der Waals surface area contributed by atoms with Crippen LogP contribution in [-0.4, -0.2) is 11.1 Å². The Hall–Kier alpha value is -3.80. The average molecular weight is 422 g/mol. The van der Waals surface area contributed by atoms with E-state index in [9.17, 15) is 23.1 Å². The summed E-state index contributed by atoms with van der Waals surface area (Å²) >= 11 is 0. The fraction of sp³-hybridized carbons (Fsp3) is 0.0800. The SMILES string of the molecule is CC1=C(CC(=O)O)c2ccc(F)c(F)c2/C1=C\c1ccc(Oc2ccc(F)cc2)cc1. The van der Waals surface area contributed by atoms with E-state index >= 15 is 0 Å². The van der Waals surface area contributed by atoms with Crippen LogP contribution in [0.1, 0.15) is 30.0 Å². The molecule has 31 heavy (non-hydrogen) atoms. The molecule has 0 radical (unpaired) electrons. The molecule has 0 amide bonds. The number of fused-ring (bicyclic) bond motifs is 1. The number of aliphatic carboxylic acids is 1. The standard InChI is InChI=1S/C25H17F3O3/c1-14-20(13-23(29)30)19-10-11-22(27)25(28)24(19)21(14)12-15-2-6-17(7-3-15)31-18-8-4-16(26)5-9-18/h2-12H,13H2,1H3,(H,29,30)/b21-12-. The zero-order valence-electron chi connectivity index (χ0n) is 16.5. The summed E-state index contributed by atoms with van der Waals surface area (Å²) in [6.07, 6.45) is 1.40. The van der Waals surface area contributed by atoms with Crippen molar-refractivity contribution in [2.45, 2.75) is 13.3 Å². The number of halogens is 3. The monoisotopic (exact) mass is 422 g/mol. The van der Waals surface area contributed by atoms with E-state index < -0.39 is 17.6 Å². The summed E-state index contributed by atoms with van der Waals surface area (Å²) in [6.45, 7) is 1.70. The maximum absolute atomic E-state index is 14.6. The second-order valence-corrected chi connectivity index (χ2v) is 7.14. The molecule has 156 valence electrons. The van der Waals surface area contributed by atoms with E-state index in [-0.39, 0.29) is 17.8 Å². The van der Waals surface area contributed by atoms with Gasteiger partial charge in [-0.2, -0.15) is 0 Å². The Morgan fingerprint density at radius 2 is 1.55 bits per heavy atom. The highest BCUT2D eigenvalue weighted by molar-refractivity contribution is 6.07.